The van der Waals surface area contributed by atoms with E-state index < -0.39 is 5.91 Å². The van der Waals surface area contributed by atoms with Crippen molar-refractivity contribution in [1.82, 2.24) is 15.0 Å². The number of nitrogens with two attached hydrogens (primary N) is 1. The predicted octanol–water partition coefficient (Wildman–Crippen LogP) is 4.24. The van der Waals surface area contributed by atoms with Crippen LogP contribution in [0.3, 0.4) is 0 Å². The van der Waals surface area contributed by atoms with Crippen LogP contribution in [0.5, 0.6) is 0 Å². The normalized spacial score (nSPS) is 44.2. The predicted molar refractivity (Wildman–Crippen MR) is 118 cm³/mol. The van der Waals surface area contributed by atoms with Gasteiger partial charge in [0.05, 0.1) is 6.20 Å². The number of carbonyl (C=O) groups excluding carboxylic acids is 2. The molecule has 1 amide bonds. The van der Waals surface area contributed by atoms with Gasteiger partial charge < -0.3 is 5.73 Å². The lowest BCUT2D eigenvalue weighted by atomic mass is 9.44. The zero-order chi connectivity index (χ0) is 22.0. The molecule has 4 saturated carbocycles. The highest BCUT2D eigenvalue weighted by Gasteiger charge is 2.60. The van der Waals surface area contributed by atoms with Gasteiger partial charge in [0.1, 0.15) is 6.54 Å². The van der Waals surface area contributed by atoms with Gasteiger partial charge in [0.15, 0.2) is 11.5 Å². The summed E-state index contributed by atoms with van der Waals surface area (Å²) in [7, 11) is 0. The van der Waals surface area contributed by atoms with E-state index in [0.29, 0.717) is 11.3 Å². The van der Waals surface area contributed by atoms with Gasteiger partial charge in [-0.05, 0) is 91.8 Å². The second-order valence-electron chi connectivity index (χ2n) is 11.8. The molecule has 4 fully saturated rings. The number of Topliss-reactive ketones (excluding diaryl/α,β-unsaturated/α-hetero) is 1. The van der Waals surface area contributed by atoms with Gasteiger partial charge in [-0.25, -0.2) is 0 Å². The molecule has 2 N–H and O–H groups in total. The van der Waals surface area contributed by atoms with Crippen LogP contribution in [0.15, 0.2) is 6.20 Å². The van der Waals surface area contributed by atoms with Crippen molar-refractivity contribution in [3.05, 3.63) is 11.9 Å². The Bertz CT molecular complexity index is 881. The fourth-order valence-corrected chi connectivity index (χ4v) is 8.74. The van der Waals surface area contributed by atoms with E-state index in [1.807, 2.05) is 0 Å². The minimum atomic E-state index is -0.605. The lowest BCUT2D eigenvalue weighted by Gasteiger charge is -2.61. The Morgan fingerprint density at radius 3 is 2.55 bits per heavy atom. The smallest absolute Gasteiger partial charge is 0.270 e. The van der Waals surface area contributed by atoms with E-state index in [-0.39, 0.29) is 29.4 Å². The monoisotopic (exact) mass is 426 g/mol. The highest BCUT2D eigenvalue weighted by molar-refractivity contribution is 5.90. The van der Waals surface area contributed by atoms with E-state index >= 15 is 0 Å². The number of hydrogen-bond acceptors (Lipinski definition) is 4. The number of carbonyl (C=O) groups is 2. The molecule has 6 heteroatoms. The first-order chi connectivity index (χ1) is 14.7. The van der Waals surface area contributed by atoms with Gasteiger partial charge in [-0.1, -0.05) is 27.2 Å². The van der Waals surface area contributed by atoms with E-state index in [1.165, 1.54) is 62.4 Å². The molecule has 1 aromatic heterocycles. The first-order valence-corrected chi connectivity index (χ1v) is 12.4. The van der Waals surface area contributed by atoms with Crippen LogP contribution < -0.4 is 5.73 Å². The molecule has 1 aromatic rings. The second-order valence-corrected chi connectivity index (χ2v) is 11.8. The minimum Gasteiger partial charge on any atom is -0.364 e. The van der Waals surface area contributed by atoms with Gasteiger partial charge in [-0.3, -0.25) is 9.59 Å². The van der Waals surface area contributed by atoms with Gasteiger partial charge in [-0.2, -0.15) is 9.90 Å². The molecule has 8 unspecified atom stereocenters. The maximum atomic E-state index is 13.3. The molecule has 31 heavy (non-hydrogen) atoms. The molecule has 8 atom stereocenters. The van der Waals surface area contributed by atoms with Crippen LogP contribution in [0, 0.1) is 46.3 Å². The molecule has 0 radical (unpaired) electrons. The lowest BCUT2D eigenvalue weighted by Crippen LogP contribution is -2.53. The SMILES string of the molecule is CC1CCC2(C)C(CCC3C2CCC2(C)C(C(=O)Cn4ncc(C(N)=O)n4)CCC32)C1. The Labute approximate surface area is 185 Å². The molecule has 6 nitrogen and oxygen atoms in total. The van der Waals surface area contributed by atoms with Crippen molar-refractivity contribution in [2.75, 3.05) is 0 Å². The third kappa shape index (κ3) is 3.27. The number of aromatic nitrogens is 3. The molecule has 4 aliphatic rings. The third-order valence-corrected chi connectivity index (χ3v) is 10.4. The maximum absolute atomic E-state index is 13.3. The second kappa shape index (κ2) is 7.41. The number of nitrogens with zero attached hydrogens (tertiary/aromatic N) is 3. The van der Waals surface area contributed by atoms with E-state index in [0.717, 1.165) is 30.1 Å². The van der Waals surface area contributed by atoms with Crippen LogP contribution in [-0.4, -0.2) is 26.7 Å². The summed E-state index contributed by atoms with van der Waals surface area (Å²) in [6.07, 6.45) is 13.0. The number of hydrogen-bond donors (Lipinski definition) is 1. The van der Waals surface area contributed by atoms with Gasteiger partial charge in [0.25, 0.3) is 5.91 Å². The fourth-order valence-electron chi connectivity index (χ4n) is 8.74. The highest BCUT2D eigenvalue weighted by atomic mass is 16.1. The van der Waals surface area contributed by atoms with Crippen LogP contribution in [0.2, 0.25) is 0 Å². The molecule has 0 aliphatic heterocycles. The molecule has 0 spiro atoms. The first-order valence-electron chi connectivity index (χ1n) is 12.4. The zero-order valence-corrected chi connectivity index (χ0v) is 19.3. The van der Waals surface area contributed by atoms with Gasteiger partial charge in [0.2, 0.25) is 0 Å². The quantitative estimate of drug-likeness (QED) is 0.779. The van der Waals surface area contributed by atoms with Crippen LogP contribution in [0.25, 0.3) is 0 Å². The lowest BCUT2D eigenvalue weighted by molar-refractivity contribution is -0.137. The molecular formula is C25H38N4O2. The summed E-state index contributed by atoms with van der Waals surface area (Å²) in [5.41, 5.74) is 6.01. The van der Waals surface area contributed by atoms with E-state index in [1.54, 1.807) is 0 Å². The number of fused-ring (bicyclic) bond motifs is 5. The van der Waals surface area contributed by atoms with Crippen molar-refractivity contribution in [2.45, 2.75) is 85.1 Å². The van der Waals surface area contributed by atoms with Crippen LogP contribution in [0.1, 0.15) is 89.0 Å². The summed E-state index contributed by atoms with van der Waals surface area (Å²) in [6, 6.07) is 0. The van der Waals surface area contributed by atoms with Crippen LogP contribution in [0.4, 0.5) is 0 Å². The number of amides is 1. The number of primary amides is 1. The molecule has 5 rings (SSSR count). The Kier molecular flexibility index (Phi) is 5.06. The Morgan fingerprint density at radius 1 is 1.06 bits per heavy atom. The third-order valence-electron chi connectivity index (χ3n) is 10.4. The molecule has 170 valence electrons. The first kappa shape index (κ1) is 21.1. The van der Waals surface area contributed by atoms with Crippen LogP contribution >= 0.6 is 0 Å². The topological polar surface area (TPSA) is 90.9 Å². The summed E-state index contributed by atoms with van der Waals surface area (Å²) in [6.45, 7) is 7.59. The average molecular weight is 427 g/mol. The zero-order valence-electron chi connectivity index (χ0n) is 19.3. The summed E-state index contributed by atoms with van der Waals surface area (Å²) in [5.74, 6) is 3.80. The highest BCUT2D eigenvalue weighted by Crippen LogP contribution is 2.67. The van der Waals surface area contributed by atoms with Crippen molar-refractivity contribution in [3.63, 3.8) is 0 Å². The van der Waals surface area contributed by atoms with Gasteiger partial charge in [0, 0.05) is 5.92 Å². The average Bonchev–Trinajstić information content (AvgIpc) is 3.32. The molecule has 0 aromatic carbocycles. The van der Waals surface area contributed by atoms with Crippen molar-refractivity contribution in [2.24, 2.45) is 52.1 Å². The number of rotatable bonds is 4. The molecule has 0 saturated heterocycles. The van der Waals surface area contributed by atoms with Gasteiger partial charge in [-0.15, -0.1) is 5.10 Å². The molecule has 1 heterocycles. The summed E-state index contributed by atoms with van der Waals surface area (Å²) < 4.78 is 0. The molecule has 0 bridgehead atoms. The Morgan fingerprint density at radius 2 is 1.81 bits per heavy atom. The Balaban J connectivity index is 1.32. The summed E-state index contributed by atoms with van der Waals surface area (Å²) >= 11 is 0. The van der Waals surface area contributed by atoms with Gasteiger partial charge >= 0.3 is 0 Å². The molecule has 4 aliphatic carbocycles. The summed E-state index contributed by atoms with van der Waals surface area (Å²) in [5, 5.41) is 8.17. The minimum absolute atomic E-state index is 0.0818. The maximum Gasteiger partial charge on any atom is 0.270 e. The standard InChI is InChI=1S/C25H38N4O2/c1-15-8-10-24(2)16(12-15)4-5-17-18-6-7-20(25(18,3)11-9-19(17)24)22(30)14-29-27-13-21(28-29)23(26)31/h13,15-20H,4-12,14H2,1-3H3,(H2,26,31). The number of ketones is 1. The largest absolute Gasteiger partial charge is 0.364 e. The van der Waals surface area contributed by atoms with Crippen LogP contribution in [-0.2, 0) is 11.3 Å². The Hall–Kier alpha value is -1.72. The van der Waals surface area contributed by atoms with Crippen molar-refractivity contribution in [1.29, 1.82) is 0 Å². The van der Waals surface area contributed by atoms with Crippen molar-refractivity contribution < 1.29 is 9.59 Å². The van der Waals surface area contributed by atoms with E-state index in [2.05, 4.69) is 31.0 Å². The fraction of sp³-hybridized carbons (Fsp3) is 0.840. The van der Waals surface area contributed by atoms with E-state index in [9.17, 15) is 9.59 Å². The van der Waals surface area contributed by atoms with Crippen molar-refractivity contribution in [3.8, 4) is 0 Å². The summed E-state index contributed by atoms with van der Waals surface area (Å²) in [4.78, 5) is 26.0. The van der Waals surface area contributed by atoms with Crippen molar-refractivity contribution >= 4 is 11.7 Å². The van der Waals surface area contributed by atoms with E-state index in [4.69, 9.17) is 5.73 Å². The molecular weight excluding hydrogens is 388 g/mol.